The van der Waals surface area contributed by atoms with Gasteiger partial charge in [0.05, 0.1) is 12.7 Å². The monoisotopic (exact) mass is 418 g/mol. The summed E-state index contributed by atoms with van der Waals surface area (Å²) >= 11 is 6.07. The van der Waals surface area contributed by atoms with Crippen LogP contribution >= 0.6 is 11.6 Å². The summed E-state index contributed by atoms with van der Waals surface area (Å²) < 4.78 is 7.36. The molecule has 3 rings (SSSR count). The number of aromatic nitrogens is 2. The van der Waals surface area contributed by atoms with Crippen LogP contribution in [0.2, 0.25) is 5.02 Å². The molecular weight excluding hydrogens is 392 g/mol. The van der Waals surface area contributed by atoms with E-state index in [-0.39, 0.29) is 17.9 Å². The van der Waals surface area contributed by atoms with Gasteiger partial charge >= 0.3 is 0 Å². The number of likely N-dealkylation sites (tertiary alicyclic amines) is 1. The SMILES string of the molecule is COc1ccc(Cl)cc1C(=O)N1CCC(N(CCn2ccnc2C)C(C)=O)CC1. The molecule has 156 valence electrons. The molecule has 7 nitrogen and oxygen atoms in total. The van der Waals surface area contributed by atoms with Gasteiger partial charge in [-0.25, -0.2) is 4.98 Å². The number of carbonyl (C=O) groups excluding carboxylic acids is 2. The fraction of sp³-hybridized carbons (Fsp3) is 0.476. The number of hydrogen-bond acceptors (Lipinski definition) is 4. The molecule has 1 aliphatic rings. The van der Waals surface area contributed by atoms with Crippen molar-refractivity contribution in [3.63, 3.8) is 0 Å². The van der Waals surface area contributed by atoms with Gasteiger partial charge in [-0.2, -0.15) is 0 Å². The molecule has 1 aromatic heterocycles. The summed E-state index contributed by atoms with van der Waals surface area (Å²) in [6.45, 7) is 6.08. The lowest BCUT2D eigenvalue weighted by Gasteiger charge is -2.38. The Kier molecular flexibility index (Phi) is 6.79. The van der Waals surface area contributed by atoms with Gasteiger partial charge in [-0.1, -0.05) is 11.6 Å². The van der Waals surface area contributed by atoms with E-state index >= 15 is 0 Å². The summed E-state index contributed by atoms with van der Waals surface area (Å²) in [7, 11) is 1.54. The molecule has 0 spiro atoms. The summed E-state index contributed by atoms with van der Waals surface area (Å²) in [5.41, 5.74) is 0.470. The number of carbonyl (C=O) groups is 2. The number of amides is 2. The topological polar surface area (TPSA) is 67.7 Å². The Balaban J connectivity index is 1.62. The van der Waals surface area contributed by atoms with Crippen molar-refractivity contribution >= 4 is 23.4 Å². The predicted octanol–water partition coefficient (Wildman–Crippen LogP) is 3.01. The molecule has 0 unspecified atom stereocenters. The Labute approximate surface area is 176 Å². The minimum Gasteiger partial charge on any atom is -0.496 e. The average molecular weight is 419 g/mol. The first-order chi connectivity index (χ1) is 13.9. The zero-order valence-electron chi connectivity index (χ0n) is 17.1. The van der Waals surface area contributed by atoms with Gasteiger partial charge in [0.1, 0.15) is 11.6 Å². The molecule has 0 aliphatic carbocycles. The number of imidazole rings is 1. The summed E-state index contributed by atoms with van der Waals surface area (Å²) in [6.07, 6.45) is 5.18. The van der Waals surface area contributed by atoms with E-state index in [0.717, 1.165) is 18.7 Å². The molecule has 1 fully saturated rings. The van der Waals surface area contributed by atoms with Gasteiger partial charge in [0.2, 0.25) is 5.91 Å². The van der Waals surface area contributed by atoms with Crippen molar-refractivity contribution in [1.29, 1.82) is 0 Å². The molecule has 2 heterocycles. The zero-order chi connectivity index (χ0) is 21.0. The van der Waals surface area contributed by atoms with Crippen LogP contribution in [0.1, 0.15) is 35.9 Å². The molecule has 0 atom stereocenters. The molecule has 8 heteroatoms. The van der Waals surface area contributed by atoms with E-state index in [1.165, 1.54) is 0 Å². The average Bonchev–Trinajstić information content (AvgIpc) is 3.12. The van der Waals surface area contributed by atoms with Crippen molar-refractivity contribution in [2.45, 2.75) is 39.3 Å². The number of methoxy groups -OCH3 is 1. The number of hydrogen-bond donors (Lipinski definition) is 0. The number of rotatable bonds is 6. The molecule has 2 aromatic rings. The van der Waals surface area contributed by atoms with E-state index in [9.17, 15) is 9.59 Å². The van der Waals surface area contributed by atoms with E-state index < -0.39 is 0 Å². The maximum Gasteiger partial charge on any atom is 0.257 e. The largest absolute Gasteiger partial charge is 0.496 e. The first kappa shape index (κ1) is 21.2. The summed E-state index contributed by atoms with van der Waals surface area (Å²) in [5, 5.41) is 0.501. The van der Waals surface area contributed by atoms with Crippen LogP contribution in [0.4, 0.5) is 0 Å². The molecule has 29 heavy (non-hydrogen) atoms. The highest BCUT2D eigenvalue weighted by atomic mass is 35.5. The normalized spacial score (nSPS) is 14.7. The van der Waals surface area contributed by atoms with E-state index in [1.807, 2.05) is 27.5 Å². The zero-order valence-corrected chi connectivity index (χ0v) is 17.9. The van der Waals surface area contributed by atoms with Crippen molar-refractivity contribution in [2.24, 2.45) is 0 Å². The number of piperidine rings is 1. The molecule has 0 bridgehead atoms. The second-order valence-electron chi connectivity index (χ2n) is 7.25. The van der Waals surface area contributed by atoms with Gasteiger partial charge in [-0.3, -0.25) is 9.59 Å². The first-order valence-corrected chi connectivity index (χ1v) is 10.2. The third-order valence-corrected chi connectivity index (χ3v) is 5.73. The standard InChI is InChI=1S/C21H27ClN4O3/c1-15-23-8-11-24(15)12-13-26(16(2)27)18-6-9-25(10-7-18)21(28)19-14-17(22)4-5-20(19)29-3/h4-5,8,11,14,18H,6-7,9-10,12-13H2,1-3H3. The maximum atomic E-state index is 13.0. The Morgan fingerprint density at radius 1 is 1.31 bits per heavy atom. The van der Waals surface area contributed by atoms with Gasteiger partial charge < -0.3 is 19.1 Å². The molecular formula is C21H27ClN4O3. The lowest BCUT2D eigenvalue weighted by atomic mass is 10.0. The fourth-order valence-electron chi connectivity index (χ4n) is 3.85. The Bertz CT molecular complexity index is 875. The van der Waals surface area contributed by atoms with Gasteiger partial charge in [-0.15, -0.1) is 0 Å². The van der Waals surface area contributed by atoms with Crippen molar-refractivity contribution in [1.82, 2.24) is 19.4 Å². The Morgan fingerprint density at radius 3 is 2.62 bits per heavy atom. The third kappa shape index (κ3) is 4.90. The molecule has 1 aliphatic heterocycles. The van der Waals surface area contributed by atoms with E-state index in [4.69, 9.17) is 16.3 Å². The second kappa shape index (κ2) is 9.31. The highest BCUT2D eigenvalue weighted by Crippen LogP contribution is 2.26. The van der Waals surface area contributed by atoms with Crippen molar-refractivity contribution in [3.8, 4) is 5.75 Å². The summed E-state index contributed by atoms with van der Waals surface area (Å²) in [6, 6.07) is 5.18. The van der Waals surface area contributed by atoms with E-state index in [2.05, 4.69) is 4.98 Å². The lowest BCUT2D eigenvalue weighted by molar-refractivity contribution is -0.132. The molecule has 0 N–H and O–H groups in total. The van der Waals surface area contributed by atoms with Crippen LogP contribution < -0.4 is 4.74 Å². The van der Waals surface area contributed by atoms with E-state index in [1.54, 1.807) is 38.4 Å². The minimum absolute atomic E-state index is 0.0593. The number of ether oxygens (including phenoxy) is 1. The van der Waals surface area contributed by atoms with Crippen molar-refractivity contribution in [3.05, 3.63) is 47.0 Å². The molecule has 1 saturated heterocycles. The molecule has 2 amide bonds. The van der Waals surface area contributed by atoms with Gasteiger partial charge in [0.25, 0.3) is 5.91 Å². The summed E-state index contributed by atoms with van der Waals surface area (Å²) in [5.74, 6) is 1.42. The van der Waals surface area contributed by atoms with Crippen molar-refractivity contribution < 1.29 is 14.3 Å². The number of nitrogens with zero attached hydrogens (tertiary/aromatic N) is 4. The van der Waals surface area contributed by atoms with Crippen LogP contribution in [0, 0.1) is 6.92 Å². The maximum absolute atomic E-state index is 13.0. The van der Waals surface area contributed by atoms with Crippen LogP contribution in [-0.2, 0) is 11.3 Å². The van der Waals surface area contributed by atoms with Crippen LogP contribution in [0.3, 0.4) is 0 Å². The fourth-order valence-corrected chi connectivity index (χ4v) is 4.02. The van der Waals surface area contributed by atoms with Crippen LogP contribution in [0.15, 0.2) is 30.6 Å². The molecule has 1 aromatic carbocycles. The van der Waals surface area contributed by atoms with Gasteiger partial charge in [-0.05, 0) is 38.0 Å². The van der Waals surface area contributed by atoms with Crippen LogP contribution in [0.5, 0.6) is 5.75 Å². The second-order valence-corrected chi connectivity index (χ2v) is 7.68. The first-order valence-electron chi connectivity index (χ1n) is 9.78. The van der Waals surface area contributed by atoms with E-state index in [0.29, 0.717) is 42.5 Å². The Morgan fingerprint density at radius 2 is 2.03 bits per heavy atom. The molecule has 0 radical (unpaired) electrons. The number of halogens is 1. The van der Waals surface area contributed by atoms with Crippen molar-refractivity contribution in [2.75, 3.05) is 26.7 Å². The quantitative estimate of drug-likeness (QED) is 0.723. The smallest absolute Gasteiger partial charge is 0.257 e. The number of aryl methyl sites for hydroxylation is 1. The highest BCUT2D eigenvalue weighted by molar-refractivity contribution is 6.31. The third-order valence-electron chi connectivity index (χ3n) is 5.49. The lowest BCUT2D eigenvalue weighted by Crippen LogP contribution is -2.49. The van der Waals surface area contributed by atoms with Gasteiger partial charge in [0, 0.05) is 56.6 Å². The molecule has 0 saturated carbocycles. The van der Waals surface area contributed by atoms with Gasteiger partial charge in [0.15, 0.2) is 0 Å². The summed E-state index contributed by atoms with van der Waals surface area (Å²) in [4.78, 5) is 33.1. The Hall–Kier alpha value is -2.54. The number of benzene rings is 1. The van der Waals surface area contributed by atoms with Crippen LogP contribution in [0.25, 0.3) is 0 Å². The highest BCUT2D eigenvalue weighted by Gasteiger charge is 2.29. The van der Waals surface area contributed by atoms with Crippen LogP contribution in [-0.4, -0.2) is 64.0 Å². The minimum atomic E-state index is -0.0915. The predicted molar refractivity (Wildman–Crippen MR) is 111 cm³/mol.